The van der Waals surface area contributed by atoms with Gasteiger partial charge in [-0.05, 0) is 29.5 Å². The number of benzene rings is 1. The summed E-state index contributed by atoms with van der Waals surface area (Å²) in [6.07, 6.45) is 3.03. The van der Waals surface area contributed by atoms with Crippen molar-refractivity contribution in [1.29, 1.82) is 0 Å². The molecule has 3 rings (SSSR count). The molecule has 0 bridgehead atoms. The average molecular weight is 525 g/mol. The van der Waals surface area contributed by atoms with E-state index in [1.165, 1.54) is 40.5 Å². The molecule has 2 aromatic heterocycles. The van der Waals surface area contributed by atoms with Gasteiger partial charge in [0, 0.05) is 6.08 Å². The van der Waals surface area contributed by atoms with E-state index in [9.17, 15) is 9.59 Å². The van der Waals surface area contributed by atoms with Crippen molar-refractivity contribution in [2.75, 3.05) is 36.4 Å². The summed E-state index contributed by atoms with van der Waals surface area (Å²) in [5.41, 5.74) is 0.776. The van der Waals surface area contributed by atoms with Crippen molar-refractivity contribution in [2.24, 2.45) is 0 Å². The van der Waals surface area contributed by atoms with Crippen LogP contribution in [0.4, 0.5) is 10.3 Å². The normalized spacial score (nSPS) is 10.9. The van der Waals surface area contributed by atoms with Crippen molar-refractivity contribution < 1.29 is 19.1 Å². The lowest BCUT2D eigenvalue weighted by Crippen LogP contribution is -2.13. The van der Waals surface area contributed by atoms with Crippen molar-refractivity contribution in [2.45, 2.75) is 15.6 Å². The van der Waals surface area contributed by atoms with E-state index in [-0.39, 0.29) is 17.6 Å². The minimum Gasteiger partial charge on any atom is -0.493 e. The van der Waals surface area contributed by atoms with Gasteiger partial charge < -0.3 is 9.47 Å². The number of hydrogen-bond donors (Lipinski definition) is 2. The van der Waals surface area contributed by atoms with Crippen molar-refractivity contribution in [3.63, 3.8) is 0 Å². The molecular formula is C19H20N6O4S4. The highest BCUT2D eigenvalue weighted by Crippen LogP contribution is 2.29. The zero-order valence-corrected chi connectivity index (χ0v) is 21.1. The molecule has 10 nitrogen and oxygen atoms in total. The lowest BCUT2D eigenvalue weighted by molar-refractivity contribution is -0.114. The minimum absolute atomic E-state index is 0.137. The van der Waals surface area contributed by atoms with Gasteiger partial charge in [-0.2, -0.15) is 0 Å². The predicted octanol–water partition coefficient (Wildman–Crippen LogP) is 3.90. The molecule has 3 aromatic rings. The van der Waals surface area contributed by atoms with Crippen LogP contribution in [0, 0.1) is 0 Å². The van der Waals surface area contributed by atoms with Crippen molar-refractivity contribution >= 4 is 74.4 Å². The van der Waals surface area contributed by atoms with E-state index in [2.05, 4.69) is 31.0 Å². The number of nitrogens with zero attached hydrogens (tertiary/aromatic N) is 4. The second-order valence-electron chi connectivity index (χ2n) is 5.95. The van der Waals surface area contributed by atoms with Crippen LogP contribution in [0.15, 0.2) is 33.0 Å². The molecule has 0 saturated carbocycles. The van der Waals surface area contributed by atoms with Crippen molar-refractivity contribution in [3.05, 3.63) is 29.8 Å². The molecule has 1 aromatic carbocycles. The summed E-state index contributed by atoms with van der Waals surface area (Å²) < 4.78 is 11.8. The third-order valence-electron chi connectivity index (χ3n) is 3.72. The maximum absolute atomic E-state index is 12.2. The van der Waals surface area contributed by atoms with Crippen molar-refractivity contribution in [1.82, 2.24) is 20.4 Å². The van der Waals surface area contributed by atoms with Crippen molar-refractivity contribution in [3.8, 4) is 11.5 Å². The first-order valence-corrected chi connectivity index (χ1v) is 13.0. The van der Waals surface area contributed by atoms with Crippen LogP contribution in [0.1, 0.15) is 12.5 Å². The molecule has 0 radical (unpaired) electrons. The third-order valence-corrected chi connectivity index (χ3v) is 7.54. The molecule has 0 unspecified atom stereocenters. The lowest BCUT2D eigenvalue weighted by Gasteiger charge is -2.07. The number of rotatable bonds is 11. The van der Waals surface area contributed by atoms with Gasteiger partial charge in [-0.25, -0.2) is 0 Å². The molecule has 33 heavy (non-hydrogen) atoms. The number of thioether (sulfide) groups is 2. The van der Waals surface area contributed by atoms with Crippen LogP contribution in [0.5, 0.6) is 11.5 Å². The Morgan fingerprint density at radius 2 is 1.64 bits per heavy atom. The largest absolute Gasteiger partial charge is 0.493 e. The summed E-state index contributed by atoms with van der Waals surface area (Å²) in [4.78, 5) is 24.3. The highest BCUT2D eigenvalue weighted by Gasteiger charge is 2.12. The van der Waals surface area contributed by atoms with E-state index >= 15 is 0 Å². The fourth-order valence-corrected chi connectivity index (χ4v) is 5.54. The van der Waals surface area contributed by atoms with Crippen LogP contribution < -0.4 is 20.1 Å². The van der Waals surface area contributed by atoms with E-state index in [0.717, 1.165) is 15.7 Å². The summed E-state index contributed by atoms with van der Waals surface area (Å²) in [6.45, 7) is 2.02. The van der Waals surface area contributed by atoms with Gasteiger partial charge in [0.25, 0.3) is 0 Å². The van der Waals surface area contributed by atoms with Crippen LogP contribution in [0.25, 0.3) is 6.08 Å². The van der Waals surface area contributed by atoms with Crippen LogP contribution in [-0.2, 0) is 9.59 Å². The summed E-state index contributed by atoms with van der Waals surface area (Å²) in [5, 5.41) is 22.0. The molecule has 0 fully saturated rings. The summed E-state index contributed by atoms with van der Waals surface area (Å²) in [6, 6.07) is 5.33. The molecule has 2 N–H and O–H groups in total. The number of methoxy groups -OCH3 is 2. The molecule has 14 heteroatoms. The number of carbonyl (C=O) groups excluding carboxylic acids is 2. The monoisotopic (exact) mass is 524 g/mol. The Labute approximate surface area is 206 Å². The molecule has 0 atom stereocenters. The Bertz CT molecular complexity index is 1130. The van der Waals surface area contributed by atoms with Crippen LogP contribution >= 0.6 is 46.2 Å². The number of amides is 2. The second kappa shape index (κ2) is 12.5. The number of hydrogen-bond acceptors (Lipinski definition) is 12. The number of anilines is 2. The van der Waals surface area contributed by atoms with Gasteiger partial charge in [0.05, 0.1) is 20.0 Å². The Morgan fingerprint density at radius 1 is 0.970 bits per heavy atom. The molecule has 0 spiro atoms. The third kappa shape index (κ3) is 7.70. The molecule has 174 valence electrons. The second-order valence-corrected chi connectivity index (χ2v) is 10.6. The molecule has 0 saturated heterocycles. The number of ether oxygens (including phenoxy) is 2. The highest BCUT2D eigenvalue weighted by atomic mass is 32.2. The standard InChI is InChI=1S/C19H20N6O4S4/c1-4-30-18-24-23-17(32-18)21-15(27)10-31-19-25-22-16(33-19)20-14(26)8-6-11-5-7-12(28-2)13(9-11)29-3/h5-9H,4,10H2,1-3H3,(H,20,22,26)(H,21,23,27)/b8-6+. The zero-order chi connectivity index (χ0) is 23.6. The Hall–Kier alpha value is -2.68. The molecule has 0 aliphatic carbocycles. The zero-order valence-electron chi connectivity index (χ0n) is 17.9. The highest BCUT2D eigenvalue weighted by molar-refractivity contribution is 8.01. The van der Waals surface area contributed by atoms with Gasteiger partial charge in [-0.1, -0.05) is 59.2 Å². The van der Waals surface area contributed by atoms with E-state index in [0.29, 0.717) is 26.1 Å². The minimum atomic E-state index is -0.354. The molecule has 0 aliphatic heterocycles. The van der Waals surface area contributed by atoms with Gasteiger partial charge in [0.1, 0.15) is 0 Å². The topological polar surface area (TPSA) is 128 Å². The van der Waals surface area contributed by atoms with E-state index < -0.39 is 0 Å². The Morgan fingerprint density at radius 3 is 2.30 bits per heavy atom. The van der Waals surface area contributed by atoms with Gasteiger partial charge in [0.2, 0.25) is 22.1 Å². The molecule has 0 aliphatic rings. The van der Waals surface area contributed by atoms with E-state index in [1.54, 1.807) is 50.3 Å². The van der Waals surface area contributed by atoms with Gasteiger partial charge in [0.15, 0.2) is 20.2 Å². The first kappa shape index (κ1) is 25.0. The van der Waals surface area contributed by atoms with Crippen LogP contribution in [0.2, 0.25) is 0 Å². The smallest absolute Gasteiger partial charge is 0.250 e. The SMILES string of the molecule is CCSc1nnc(NC(=O)CSc2nnc(NC(=O)/C=C/c3ccc(OC)c(OC)c3)s2)s1. The average Bonchev–Trinajstić information content (AvgIpc) is 3.45. The quantitative estimate of drug-likeness (QED) is 0.216. The summed E-state index contributed by atoms with van der Waals surface area (Å²) in [7, 11) is 3.11. The Kier molecular flexibility index (Phi) is 9.47. The van der Waals surface area contributed by atoms with E-state index in [4.69, 9.17) is 9.47 Å². The maximum atomic E-state index is 12.2. The maximum Gasteiger partial charge on any atom is 0.250 e. The van der Waals surface area contributed by atoms with Gasteiger partial charge >= 0.3 is 0 Å². The molecule has 2 heterocycles. The summed E-state index contributed by atoms with van der Waals surface area (Å²) >= 11 is 5.30. The molecular weight excluding hydrogens is 505 g/mol. The van der Waals surface area contributed by atoms with Gasteiger partial charge in [-0.15, -0.1) is 20.4 Å². The van der Waals surface area contributed by atoms with Gasteiger partial charge in [-0.3, -0.25) is 20.2 Å². The van der Waals surface area contributed by atoms with E-state index in [1.807, 2.05) is 6.92 Å². The van der Waals surface area contributed by atoms with Crippen LogP contribution in [-0.4, -0.2) is 57.9 Å². The lowest BCUT2D eigenvalue weighted by atomic mass is 10.2. The first-order valence-electron chi connectivity index (χ1n) is 9.44. The number of carbonyl (C=O) groups is 2. The Balaban J connectivity index is 1.47. The molecule has 2 amide bonds. The number of aromatic nitrogens is 4. The van der Waals surface area contributed by atoms with Crippen LogP contribution in [0.3, 0.4) is 0 Å². The summed E-state index contributed by atoms with van der Waals surface area (Å²) in [5.74, 6) is 1.63. The number of nitrogens with one attached hydrogen (secondary N) is 2. The fraction of sp³-hybridized carbons (Fsp3) is 0.263. The first-order chi connectivity index (χ1) is 16.0. The fourth-order valence-electron chi connectivity index (χ4n) is 2.32. The predicted molar refractivity (Wildman–Crippen MR) is 133 cm³/mol.